The van der Waals surface area contributed by atoms with Crippen molar-refractivity contribution in [3.05, 3.63) is 66.5 Å². The summed E-state index contributed by atoms with van der Waals surface area (Å²) in [5, 5.41) is 3.58. The highest BCUT2D eigenvalue weighted by molar-refractivity contribution is 7.94. The standard InChI is InChI=1S/C24H29N3O2S2/c1-18(15-19-7-2-3-8-19)26-17-20-9-4-5-11-22(20)27-31(28,29)24-13-12-23(30-24)21-10-6-14-25-16-21/h4-6,9-14,16,18-19,26-27H,2-3,7-8,15,17H2,1H3/t18-/m0/s1. The molecule has 0 aliphatic heterocycles. The number of rotatable bonds is 9. The van der Waals surface area contributed by atoms with E-state index in [9.17, 15) is 8.42 Å². The fourth-order valence-corrected chi connectivity index (χ4v) is 6.61. The summed E-state index contributed by atoms with van der Waals surface area (Å²) in [5.74, 6) is 0.823. The van der Waals surface area contributed by atoms with Gasteiger partial charge in [-0.25, -0.2) is 8.42 Å². The van der Waals surface area contributed by atoms with Gasteiger partial charge in [-0.3, -0.25) is 9.71 Å². The van der Waals surface area contributed by atoms with E-state index in [-0.39, 0.29) is 0 Å². The fourth-order valence-electron chi connectivity index (χ4n) is 4.21. The molecule has 0 saturated heterocycles. The third-order valence-electron chi connectivity index (χ3n) is 5.86. The lowest BCUT2D eigenvalue weighted by Gasteiger charge is -2.19. The first-order valence-corrected chi connectivity index (χ1v) is 13.2. The van der Waals surface area contributed by atoms with E-state index in [0.29, 0.717) is 22.5 Å². The van der Waals surface area contributed by atoms with E-state index in [1.165, 1.54) is 43.4 Å². The Hall–Kier alpha value is -2.22. The quantitative estimate of drug-likeness (QED) is 0.436. The molecule has 7 heteroatoms. The van der Waals surface area contributed by atoms with Crippen molar-refractivity contribution in [2.24, 2.45) is 5.92 Å². The van der Waals surface area contributed by atoms with Crippen LogP contribution in [0.4, 0.5) is 5.69 Å². The van der Waals surface area contributed by atoms with Gasteiger partial charge in [0, 0.05) is 35.4 Å². The molecule has 0 amide bonds. The summed E-state index contributed by atoms with van der Waals surface area (Å²) in [5.41, 5.74) is 2.49. The van der Waals surface area contributed by atoms with Gasteiger partial charge in [-0.1, -0.05) is 49.9 Å². The van der Waals surface area contributed by atoms with Crippen molar-refractivity contribution in [2.45, 2.75) is 55.8 Å². The highest BCUT2D eigenvalue weighted by Crippen LogP contribution is 2.32. The Morgan fingerprint density at radius 3 is 2.68 bits per heavy atom. The van der Waals surface area contributed by atoms with Gasteiger partial charge in [-0.15, -0.1) is 11.3 Å². The van der Waals surface area contributed by atoms with Crippen LogP contribution in [0.1, 0.15) is 44.6 Å². The van der Waals surface area contributed by atoms with Crippen LogP contribution >= 0.6 is 11.3 Å². The molecule has 2 aromatic heterocycles. The van der Waals surface area contributed by atoms with Gasteiger partial charge in [0.2, 0.25) is 0 Å². The Morgan fingerprint density at radius 2 is 1.90 bits per heavy atom. The number of nitrogens with zero attached hydrogens (tertiary/aromatic N) is 1. The van der Waals surface area contributed by atoms with E-state index >= 15 is 0 Å². The maximum absolute atomic E-state index is 13.0. The largest absolute Gasteiger partial charge is 0.310 e. The summed E-state index contributed by atoms with van der Waals surface area (Å²) in [6.07, 6.45) is 10.0. The number of sulfonamides is 1. The minimum Gasteiger partial charge on any atom is -0.310 e. The number of thiophene rings is 1. The van der Waals surface area contributed by atoms with Gasteiger partial charge in [-0.05, 0) is 49.1 Å². The molecule has 4 rings (SSSR count). The zero-order chi connectivity index (χ0) is 21.7. The van der Waals surface area contributed by atoms with Crippen LogP contribution < -0.4 is 10.0 Å². The van der Waals surface area contributed by atoms with E-state index in [4.69, 9.17) is 0 Å². The van der Waals surface area contributed by atoms with Crippen LogP contribution in [0.2, 0.25) is 0 Å². The number of benzene rings is 1. The normalized spacial score (nSPS) is 15.8. The maximum atomic E-state index is 13.0. The minimum absolute atomic E-state index is 0.295. The first kappa shape index (κ1) is 22.0. The lowest BCUT2D eigenvalue weighted by molar-refractivity contribution is 0.404. The second-order valence-corrected chi connectivity index (χ2v) is 11.3. The van der Waals surface area contributed by atoms with E-state index < -0.39 is 10.0 Å². The lowest BCUT2D eigenvalue weighted by Crippen LogP contribution is -2.28. The van der Waals surface area contributed by atoms with Gasteiger partial charge < -0.3 is 5.32 Å². The molecule has 1 fully saturated rings. The Labute approximate surface area is 189 Å². The average molecular weight is 456 g/mol. The first-order valence-electron chi connectivity index (χ1n) is 10.9. The fraction of sp³-hybridized carbons (Fsp3) is 0.375. The monoisotopic (exact) mass is 455 g/mol. The number of hydrogen-bond acceptors (Lipinski definition) is 5. The Kier molecular flexibility index (Phi) is 7.05. The molecule has 0 radical (unpaired) electrons. The molecule has 1 saturated carbocycles. The summed E-state index contributed by atoms with van der Waals surface area (Å²) >= 11 is 1.25. The van der Waals surface area contributed by atoms with E-state index in [0.717, 1.165) is 21.9 Å². The molecule has 2 heterocycles. The van der Waals surface area contributed by atoms with Crippen LogP contribution in [-0.2, 0) is 16.6 Å². The number of anilines is 1. The highest BCUT2D eigenvalue weighted by Gasteiger charge is 2.20. The van der Waals surface area contributed by atoms with Crippen molar-refractivity contribution in [1.82, 2.24) is 10.3 Å². The van der Waals surface area contributed by atoms with Crippen LogP contribution in [0.3, 0.4) is 0 Å². The van der Waals surface area contributed by atoms with Crippen LogP contribution in [0.25, 0.3) is 10.4 Å². The molecule has 0 spiro atoms. The smallest absolute Gasteiger partial charge is 0.271 e. The van der Waals surface area contributed by atoms with Crippen molar-refractivity contribution in [3.63, 3.8) is 0 Å². The number of nitrogens with one attached hydrogen (secondary N) is 2. The minimum atomic E-state index is -3.66. The summed E-state index contributed by atoms with van der Waals surface area (Å²) in [6.45, 7) is 2.86. The topological polar surface area (TPSA) is 71.1 Å². The van der Waals surface area contributed by atoms with Gasteiger partial charge in [0.05, 0.1) is 5.69 Å². The lowest BCUT2D eigenvalue weighted by atomic mass is 9.99. The zero-order valence-corrected chi connectivity index (χ0v) is 19.4. The number of hydrogen-bond donors (Lipinski definition) is 2. The summed E-state index contributed by atoms with van der Waals surface area (Å²) in [4.78, 5) is 4.99. The molecule has 5 nitrogen and oxygen atoms in total. The Bertz CT molecular complexity index is 1090. The maximum Gasteiger partial charge on any atom is 0.271 e. The molecule has 31 heavy (non-hydrogen) atoms. The number of pyridine rings is 1. The summed E-state index contributed by atoms with van der Waals surface area (Å²) in [6, 6.07) is 15.3. The molecular weight excluding hydrogens is 426 g/mol. The van der Waals surface area contributed by atoms with E-state index in [1.54, 1.807) is 18.5 Å². The first-order chi connectivity index (χ1) is 15.0. The molecule has 1 aromatic carbocycles. The number of aromatic nitrogens is 1. The predicted octanol–water partition coefficient (Wildman–Crippen LogP) is 5.67. The zero-order valence-electron chi connectivity index (χ0n) is 17.8. The average Bonchev–Trinajstić information content (AvgIpc) is 3.46. The Balaban J connectivity index is 1.43. The second-order valence-electron chi connectivity index (χ2n) is 8.29. The SMILES string of the molecule is C[C@@H](CC1CCCC1)NCc1ccccc1NS(=O)(=O)c1ccc(-c2cccnc2)s1. The molecule has 164 valence electrons. The molecule has 1 aliphatic carbocycles. The molecule has 0 bridgehead atoms. The van der Waals surface area contributed by atoms with Crippen molar-refractivity contribution in [3.8, 4) is 10.4 Å². The van der Waals surface area contributed by atoms with E-state index in [1.807, 2.05) is 42.5 Å². The van der Waals surface area contributed by atoms with Crippen LogP contribution in [0.5, 0.6) is 0 Å². The van der Waals surface area contributed by atoms with Gasteiger partial charge >= 0.3 is 0 Å². The van der Waals surface area contributed by atoms with Crippen molar-refractivity contribution >= 4 is 27.0 Å². The van der Waals surface area contributed by atoms with Gasteiger partial charge in [0.1, 0.15) is 4.21 Å². The third-order valence-corrected chi connectivity index (χ3v) is 8.85. The summed E-state index contributed by atoms with van der Waals surface area (Å²) in [7, 11) is -3.66. The molecule has 2 N–H and O–H groups in total. The van der Waals surface area contributed by atoms with Crippen LogP contribution in [0, 0.1) is 5.92 Å². The third kappa shape index (κ3) is 5.73. The van der Waals surface area contributed by atoms with Crippen molar-refractivity contribution < 1.29 is 8.42 Å². The number of para-hydroxylation sites is 1. The highest BCUT2D eigenvalue weighted by atomic mass is 32.2. The Morgan fingerprint density at radius 1 is 1.10 bits per heavy atom. The van der Waals surface area contributed by atoms with Crippen LogP contribution in [-0.4, -0.2) is 19.4 Å². The van der Waals surface area contributed by atoms with E-state index in [2.05, 4.69) is 21.9 Å². The molecule has 1 aliphatic rings. The van der Waals surface area contributed by atoms with Crippen LogP contribution in [0.15, 0.2) is 65.1 Å². The molecule has 0 unspecified atom stereocenters. The predicted molar refractivity (Wildman–Crippen MR) is 128 cm³/mol. The van der Waals surface area contributed by atoms with Gasteiger partial charge in [-0.2, -0.15) is 0 Å². The van der Waals surface area contributed by atoms with Crippen molar-refractivity contribution in [1.29, 1.82) is 0 Å². The summed E-state index contributed by atoms with van der Waals surface area (Å²) < 4.78 is 29.1. The van der Waals surface area contributed by atoms with Crippen molar-refractivity contribution in [2.75, 3.05) is 4.72 Å². The molecule has 1 atom stereocenters. The van der Waals surface area contributed by atoms with Gasteiger partial charge in [0.15, 0.2) is 0 Å². The second kappa shape index (κ2) is 9.94. The molecular formula is C24H29N3O2S2. The van der Waals surface area contributed by atoms with Gasteiger partial charge in [0.25, 0.3) is 10.0 Å². The molecule has 3 aromatic rings.